The fourth-order valence-corrected chi connectivity index (χ4v) is 2.41. The van der Waals surface area contributed by atoms with Crippen LogP contribution >= 0.6 is 0 Å². The van der Waals surface area contributed by atoms with E-state index in [2.05, 4.69) is 6.58 Å². The van der Waals surface area contributed by atoms with Crippen LogP contribution in [0.5, 0.6) is 0 Å². The normalized spacial score (nSPS) is 19.9. The lowest BCUT2D eigenvalue weighted by Crippen LogP contribution is -2.34. The standard InChI is InChI=1S/C16H19NO2/c1-3-17-11-5-4-6-14(16(17)19)15(18)13-9-7-12(2)8-10-13/h3,7-10,14H,1,4-6,11H2,2H3. The Morgan fingerprint density at radius 1 is 1.32 bits per heavy atom. The Morgan fingerprint density at radius 2 is 2.00 bits per heavy atom. The maximum atomic E-state index is 12.5. The number of nitrogens with zero attached hydrogens (tertiary/aromatic N) is 1. The summed E-state index contributed by atoms with van der Waals surface area (Å²) in [5.74, 6) is -0.736. The molecule has 0 spiro atoms. The molecule has 1 amide bonds. The van der Waals surface area contributed by atoms with Crippen molar-refractivity contribution < 1.29 is 9.59 Å². The Bertz CT molecular complexity index is 490. The highest BCUT2D eigenvalue weighted by Gasteiger charge is 2.31. The summed E-state index contributed by atoms with van der Waals surface area (Å²) in [5, 5.41) is 0. The molecule has 1 aliphatic rings. The molecule has 1 aliphatic heterocycles. The fourth-order valence-electron chi connectivity index (χ4n) is 2.41. The Labute approximate surface area is 113 Å². The smallest absolute Gasteiger partial charge is 0.237 e. The minimum atomic E-state index is -0.553. The Morgan fingerprint density at radius 3 is 2.63 bits per heavy atom. The molecule has 1 aromatic rings. The topological polar surface area (TPSA) is 37.4 Å². The zero-order chi connectivity index (χ0) is 13.8. The number of hydrogen-bond donors (Lipinski definition) is 0. The van der Waals surface area contributed by atoms with Crippen LogP contribution in [0.4, 0.5) is 0 Å². The number of benzene rings is 1. The lowest BCUT2D eigenvalue weighted by molar-refractivity contribution is -0.130. The van der Waals surface area contributed by atoms with Gasteiger partial charge in [0.05, 0.1) is 0 Å². The van der Waals surface area contributed by atoms with Crippen molar-refractivity contribution in [3.8, 4) is 0 Å². The second-order valence-corrected chi connectivity index (χ2v) is 4.99. The fraction of sp³-hybridized carbons (Fsp3) is 0.375. The molecule has 1 fully saturated rings. The molecule has 100 valence electrons. The molecule has 0 radical (unpaired) electrons. The Hall–Kier alpha value is -1.90. The number of likely N-dealkylation sites (tertiary alicyclic amines) is 1. The summed E-state index contributed by atoms with van der Waals surface area (Å²) in [6.45, 7) is 6.29. The minimum absolute atomic E-state index is 0.0706. The van der Waals surface area contributed by atoms with Gasteiger partial charge in [-0.15, -0.1) is 0 Å². The third-order valence-corrected chi connectivity index (χ3v) is 3.60. The van der Waals surface area contributed by atoms with E-state index in [9.17, 15) is 9.59 Å². The molecule has 19 heavy (non-hydrogen) atoms. The van der Waals surface area contributed by atoms with E-state index in [0.29, 0.717) is 18.5 Å². The van der Waals surface area contributed by atoms with Gasteiger partial charge in [-0.3, -0.25) is 9.59 Å². The van der Waals surface area contributed by atoms with Crippen LogP contribution in [0.1, 0.15) is 35.2 Å². The highest BCUT2D eigenvalue weighted by molar-refractivity contribution is 6.10. The number of rotatable bonds is 3. The molecule has 0 aliphatic carbocycles. The second-order valence-electron chi connectivity index (χ2n) is 4.99. The van der Waals surface area contributed by atoms with Crippen molar-refractivity contribution in [2.75, 3.05) is 6.54 Å². The zero-order valence-electron chi connectivity index (χ0n) is 11.3. The molecule has 3 heteroatoms. The van der Waals surface area contributed by atoms with Crippen LogP contribution in [0.15, 0.2) is 37.0 Å². The summed E-state index contributed by atoms with van der Waals surface area (Å²) in [7, 11) is 0. The van der Waals surface area contributed by atoms with Crippen LogP contribution in [0.3, 0.4) is 0 Å². The molecule has 0 saturated carbocycles. The highest BCUT2D eigenvalue weighted by Crippen LogP contribution is 2.22. The van der Waals surface area contributed by atoms with E-state index in [1.54, 1.807) is 17.0 Å². The summed E-state index contributed by atoms with van der Waals surface area (Å²) in [5.41, 5.74) is 1.73. The maximum absolute atomic E-state index is 12.5. The quantitative estimate of drug-likeness (QED) is 0.616. The van der Waals surface area contributed by atoms with Gasteiger partial charge in [-0.1, -0.05) is 42.8 Å². The lowest BCUT2D eigenvalue weighted by Gasteiger charge is -2.19. The van der Waals surface area contributed by atoms with Crippen molar-refractivity contribution in [2.45, 2.75) is 26.2 Å². The van der Waals surface area contributed by atoms with E-state index < -0.39 is 5.92 Å². The van der Waals surface area contributed by atoms with Gasteiger partial charge in [-0.2, -0.15) is 0 Å². The van der Waals surface area contributed by atoms with Gasteiger partial charge in [-0.25, -0.2) is 0 Å². The van der Waals surface area contributed by atoms with E-state index in [-0.39, 0.29) is 11.7 Å². The van der Waals surface area contributed by atoms with E-state index >= 15 is 0 Å². The Balaban J connectivity index is 2.23. The summed E-state index contributed by atoms with van der Waals surface area (Å²) in [6.07, 6.45) is 3.99. The van der Waals surface area contributed by atoms with Crippen molar-refractivity contribution in [2.24, 2.45) is 5.92 Å². The van der Waals surface area contributed by atoms with Crippen LogP contribution in [-0.4, -0.2) is 23.1 Å². The predicted molar refractivity (Wildman–Crippen MR) is 74.8 cm³/mol. The first-order valence-electron chi connectivity index (χ1n) is 6.67. The first-order valence-corrected chi connectivity index (χ1v) is 6.67. The zero-order valence-corrected chi connectivity index (χ0v) is 11.3. The van der Waals surface area contributed by atoms with Gasteiger partial charge in [0.25, 0.3) is 0 Å². The predicted octanol–water partition coefficient (Wildman–Crippen LogP) is 2.95. The van der Waals surface area contributed by atoms with Crippen molar-refractivity contribution in [3.63, 3.8) is 0 Å². The van der Waals surface area contributed by atoms with Gasteiger partial charge < -0.3 is 4.90 Å². The number of ketones is 1. The first kappa shape index (κ1) is 13.5. The Kier molecular flexibility index (Phi) is 4.15. The van der Waals surface area contributed by atoms with Gasteiger partial charge in [0.15, 0.2) is 5.78 Å². The monoisotopic (exact) mass is 257 g/mol. The van der Waals surface area contributed by atoms with Gasteiger partial charge in [0.2, 0.25) is 5.91 Å². The summed E-state index contributed by atoms with van der Waals surface area (Å²) < 4.78 is 0. The molecule has 0 aromatic heterocycles. The molecule has 1 unspecified atom stereocenters. The van der Waals surface area contributed by atoms with Gasteiger partial charge in [-0.05, 0) is 26.0 Å². The van der Waals surface area contributed by atoms with Crippen LogP contribution in [0.2, 0.25) is 0 Å². The van der Waals surface area contributed by atoms with Crippen LogP contribution in [0, 0.1) is 12.8 Å². The van der Waals surface area contributed by atoms with Crippen molar-refractivity contribution in [1.29, 1.82) is 0 Å². The summed E-state index contributed by atoms with van der Waals surface area (Å²) >= 11 is 0. The molecule has 2 rings (SSSR count). The third kappa shape index (κ3) is 2.92. The van der Waals surface area contributed by atoms with Crippen molar-refractivity contribution in [1.82, 2.24) is 4.90 Å². The largest absolute Gasteiger partial charge is 0.319 e. The number of hydrogen-bond acceptors (Lipinski definition) is 2. The third-order valence-electron chi connectivity index (χ3n) is 3.60. The molecule has 1 aromatic carbocycles. The SMILES string of the molecule is C=CN1CCCCC(C(=O)c2ccc(C)cc2)C1=O. The lowest BCUT2D eigenvalue weighted by atomic mass is 9.92. The summed E-state index contributed by atoms with van der Waals surface area (Å²) in [6, 6.07) is 7.40. The molecule has 0 N–H and O–H groups in total. The maximum Gasteiger partial charge on any atom is 0.237 e. The average Bonchev–Trinajstić information content (AvgIpc) is 2.60. The van der Waals surface area contributed by atoms with Gasteiger partial charge in [0, 0.05) is 12.1 Å². The van der Waals surface area contributed by atoms with Crippen molar-refractivity contribution >= 4 is 11.7 Å². The number of carbonyl (C=O) groups is 2. The van der Waals surface area contributed by atoms with E-state index in [0.717, 1.165) is 18.4 Å². The average molecular weight is 257 g/mol. The molecule has 3 nitrogen and oxygen atoms in total. The number of Topliss-reactive ketones (excluding diaryl/α,β-unsaturated/α-hetero) is 1. The van der Waals surface area contributed by atoms with Crippen LogP contribution in [-0.2, 0) is 4.79 Å². The first-order chi connectivity index (χ1) is 9.13. The van der Waals surface area contributed by atoms with Crippen LogP contribution in [0.25, 0.3) is 0 Å². The minimum Gasteiger partial charge on any atom is -0.319 e. The van der Waals surface area contributed by atoms with E-state index in [1.165, 1.54) is 6.20 Å². The van der Waals surface area contributed by atoms with Crippen molar-refractivity contribution in [3.05, 3.63) is 48.2 Å². The summed E-state index contributed by atoms with van der Waals surface area (Å²) in [4.78, 5) is 26.3. The number of carbonyl (C=O) groups excluding carboxylic acids is 2. The second kappa shape index (κ2) is 5.83. The van der Waals surface area contributed by atoms with Gasteiger partial charge >= 0.3 is 0 Å². The number of amides is 1. The molecular formula is C16H19NO2. The van der Waals surface area contributed by atoms with E-state index in [1.807, 2.05) is 19.1 Å². The van der Waals surface area contributed by atoms with Gasteiger partial charge in [0.1, 0.15) is 5.92 Å². The highest BCUT2D eigenvalue weighted by atomic mass is 16.2. The molecule has 1 heterocycles. The molecular weight excluding hydrogens is 238 g/mol. The molecule has 1 atom stereocenters. The molecule has 0 bridgehead atoms. The number of aryl methyl sites for hydroxylation is 1. The van der Waals surface area contributed by atoms with Crippen LogP contribution < -0.4 is 0 Å². The van der Waals surface area contributed by atoms with E-state index in [4.69, 9.17) is 0 Å². The molecule has 1 saturated heterocycles.